The van der Waals surface area contributed by atoms with E-state index in [0.29, 0.717) is 34.2 Å². The van der Waals surface area contributed by atoms with Gasteiger partial charge in [0, 0.05) is 0 Å². The Morgan fingerprint density at radius 3 is 2.38 bits per heavy atom. The lowest BCUT2D eigenvalue weighted by Crippen LogP contribution is -2.51. The molecule has 0 aromatic heterocycles. The summed E-state index contributed by atoms with van der Waals surface area (Å²) in [5.41, 5.74) is 6.04. The van der Waals surface area contributed by atoms with E-state index in [0.717, 1.165) is 36.6 Å². The Morgan fingerprint density at radius 1 is 1.17 bits per heavy atom. The minimum Gasteiger partial charge on any atom is -0.493 e. The van der Waals surface area contributed by atoms with Crippen molar-refractivity contribution in [1.82, 2.24) is 0 Å². The van der Waals surface area contributed by atoms with Gasteiger partial charge in [0.05, 0.1) is 17.4 Å². The van der Waals surface area contributed by atoms with Gasteiger partial charge < -0.3 is 15.2 Å². The van der Waals surface area contributed by atoms with Crippen molar-refractivity contribution in [2.45, 2.75) is 38.5 Å². The van der Waals surface area contributed by atoms with E-state index in [4.69, 9.17) is 15.2 Å². The maximum atomic E-state index is 13.2. The smallest absolute Gasteiger partial charge is 0.317 e. The quantitative estimate of drug-likeness (QED) is 0.460. The van der Waals surface area contributed by atoms with Crippen LogP contribution >= 0.6 is 11.8 Å². The van der Waals surface area contributed by atoms with Gasteiger partial charge in [-0.1, -0.05) is 6.07 Å². The summed E-state index contributed by atoms with van der Waals surface area (Å²) < 4.78 is 11.4. The van der Waals surface area contributed by atoms with Crippen molar-refractivity contribution in [3.8, 4) is 11.5 Å². The van der Waals surface area contributed by atoms with E-state index >= 15 is 0 Å². The molecule has 0 spiro atoms. The van der Waals surface area contributed by atoms with Gasteiger partial charge in [-0.3, -0.25) is 9.59 Å². The number of esters is 1. The zero-order valence-corrected chi connectivity index (χ0v) is 17.2. The number of rotatable bonds is 4. The summed E-state index contributed by atoms with van der Waals surface area (Å²) in [6, 6.07) is 5.30. The summed E-state index contributed by atoms with van der Waals surface area (Å²) in [5.74, 6) is 2.49. The maximum absolute atomic E-state index is 13.2. The highest BCUT2D eigenvalue weighted by Crippen LogP contribution is 2.60. The van der Waals surface area contributed by atoms with Gasteiger partial charge in [-0.2, -0.15) is 4.99 Å². The van der Waals surface area contributed by atoms with E-state index < -0.39 is 0 Å². The molecule has 0 unspecified atom stereocenters. The molecule has 6 rings (SSSR count). The van der Waals surface area contributed by atoms with Crippen LogP contribution in [0.25, 0.3) is 6.08 Å². The molecular weight excluding hydrogens is 388 g/mol. The summed E-state index contributed by atoms with van der Waals surface area (Å²) in [7, 11) is 1.55. The first-order valence-corrected chi connectivity index (χ1v) is 10.9. The summed E-state index contributed by atoms with van der Waals surface area (Å²) in [6.07, 6.45) is 8.45. The van der Waals surface area contributed by atoms with Gasteiger partial charge in [0.25, 0.3) is 5.91 Å². The summed E-state index contributed by atoms with van der Waals surface area (Å²) in [6.45, 7) is 0. The number of carbonyl (C=O) groups is 2. The maximum Gasteiger partial charge on any atom is 0.317 e. The molecule has 0 saturated heterocycles. The Hall–Kier alpha value is -2.28. The molecule has 0 radical (unpaired) electrons. The standard InChI is InChI=1S/C22H24N2O4S/c1-27-17-7-12(8-18-19(25)24-21(23)29-18)2-3-16(17)28-20(26)22-9-13-4-14(10-22)6-15(5-13)11-22/h2-3,7-8,13-15H,4-6,9-11H2,1H3,(H2,23,24,25)/b18-8-. The third-order valence-corrected chi connectivity index (χ3v) is 7.61. The number of carbonyl (C=O) groups excluding carboxylic acids is 2. The second-order valence-electron chi connectivity index (χ2n) is 8.86. The molecule has 152 valence electrons. The third-order valence-electron chi connectivity index (χ3n) is 6.80. The minimum absolute atomic E-state index is 0.108. The van der Waals surface area contributed by atoms with Crippen molar-refractivity contribution >= 4 is 34.9 Å². The molecule has 4 saturated carbocycles. The highest BCUT2D eigenvalue weighted by atomic mass is 32.2. The Morgan fingerprint density at radius 2 is 1.83 bits per heavy atom. The van der Waals surface area contributed by atoms with Gasteiger partial charge in [0.1, 0.15) is 0 Å². The van der Waals surface area contributed by atoms with Crippen molar-refractivity contribution in [1.29, 1.82) is 0 Å². The SMILES string of the molecule is COc1cc(/C=C2\SC(N)=NC2=O)ccc1OC(=O)C12CC3CC(CC(C3)C1)C2. The predicted molar refractivity (Wildman–Crippen MR) is 111 cm³/mol. The topological polar surface area (TPSA) is 91.0 Å². The monoisotopic (exact) mass is 412 g/mol. The van der Waals surface area contributed by atoms with Crippen molar-refractivity contribution in [2.75, 3.05) is 7.11 Å². The van der Waals surface area contributed by atoms with Crippen LogP contribution < -0.4 is 15.2 Å². The average Bonchev–Trinajstić information content (AvgIpc) is 2.98. The lowest BCUT2D eigenvalue weighted by atomic mass is 9.49. The lowest BCUT2D eigenvalue weighted by molar-refractivity contribution is -0.161. The molecule has 1 heterocycles. The van der Waals surface area contributed by atoms with Crippen molar-refractivity contribution in [3.05, 3.63) is 28.7 Å². The summed E-state index contributed by atoms with van der Waals surface area (Å²) in [4.78, 5) is 29.2. The van der Waals surface area contributed by atoms with Gasteiger partial charge in [-0.15, -0.1) is 0 Å². The largest absolute Gasteiger partial charge is 0.493 e. The molecule has 5 aliphatic rings. The molecule has 0 atom stereocenters. The molecule has 4 aliphatic carbocycles. The molecule has 1 aromatic carbocycles. The van der Waals surface area contributed by atoms with Crippen molar-refractivity contribution in [3.63, 3.8) is 0 Å². The second-order valence-corrected chi connectivity index (χ2v) is 9.93. The van der Waals surface area contributed by atoms with Crippen LogP contribution in [-0.4, -0.2) is 24.2 Å². The zero-order valence-electron chi connectivity index (χ0n) is 16.3. The fourth-order valence-corrected chi connectivity index (χ4v) is 6.69. The second kappa shape index (κ2) is 6.90. The van der Waals surface area contributed by atoms with E-state index in [9.17, 15) is 9.59 Å². The molecule has 2 N–H and O–H groups in total. The van der Waals surface area contributed by atoms with Gasteiger partial charge in [0.2, 0.25) is 0 Å². The number of nitrogens with zero attached hydrogens (tertiary/aromatic N) is 1. The lowest BCUT2D eigenvalue weighted by Gasteiger charge is -2.55. The molecule has 1 amide bonds. The number of amidine groups is 1. The average molecular weight is 413 g/mol. The molecule has 7 heteroatoms. The van der Waals surface area contributed by atoms with Gasteiger partial charge in [-0.25, -0.2) is 0 Å². The number of hydrogen-bond donors (Lipinski definition) is 1. The van der Waals surface area contributed by atoms with E-state index in [1.165, 1.54) is 19.3 Å². The van der Waals surface area contributed by atoms with Crippen LogP contribution in [-0.2, 0) is 9.59 Å². The summed E-state index contributed by atoms with van der Waals surface area (Å²) >= 11 is 1.14. The Labute approximate surface area is 173 Å². The Bertz CT molecular complexity index is 917. The van der Waals surface area contributed by atoms with E-state index in [1.54, 1.807) is 31.4 Å². The Kier molecular flexibility index (Phi) is 4.46. The molecule has 1 aromatic rings. The van der Waals surface area contributed by atoms with E-state index in [2.05, 4.69) is 4.99 Å². The summed E-state index contributed by atoms with van der Waals surface area (Å²) in [5, 5.41) is 0.245. The number of ether oxygens (including phenoxy) is 2. The van der Waals surface area contributed by atoms with Crippen LogP contribution in [0.2, 0.25) is 0 Å². The molecule has 6 nitrogen and oxygen atoms in total. The van der Waals surface area contributed by atoms with E-state index in [1.807, 2.05) is 0 Å². The highest BCUT2D eigenvalue weighted by Gasteiger charge is 2.55. The molecule has 1 aliphatic heterocycles. The third kappa shape index (κ3) is 3.35. The van der Waals surface area contributed by atoms with Crippen LogP contribution in [0, 0.1) is 23.2 Å². The van der Waals surface area contributed by atoms with Crippen molar-refractivity contribution in [2.24, 2.45) is 33.9 Å². The van der Waals surface area contributed by atoms with Gasteiger partial charge in [-0.05, 0) is 91.8 Å². The van der Waals surface area contributed by atoms with Crippen molar-refractivity contribution < 1.29 is 19.1 Å². The normalized spacial score (nSPS) is 33.8. The number of amides is 1. The first kappa shape index (κ1) is 18.7. The van der Waals surface area contributed by atoms with Gasteiger partial charge in [0.15, 0.2) is 16.7 Å². The first-order chi connectivity index (χ1) is 13.9. The van der Waals surface area contributed by atoms with Crippen LogP contribution in [0.3, 0.4) is 0 Å². The number of nitrogens with two attached hydrogens (primary N) is 1. The number of hydrogen-bond acceptors (Lipinski definition) is 6. The molecule has 29 heavy (non-hydrogen) atoms. The molecule has 4 bridgehead atoms. The number of methoxy groups -OCH3 is 1. The van der Waals surface area contributed by atoms with E-state index in [-0.39, 0.29) is 22.5 Å². The fourth-order valence-electron chi connectivity index (χ4n) is 6.00. The zero-order chi connectivity index (χ0) is 20.2. The number of aliphatic imine (C=N–C) groups is 1. The fraction of sp³-hybridized carbons (Fsp3) is 0.500. The van der Waals surface area contributed by atoms with Gasteiger partial charge >= 0.3 is 5.97 Å². The highest BCUT2D eigenvalue weighted by molar-refractivity contribution is 8.18. The predicted octanol–water partition coefficient (Wildman–Crippen LogP) is 3.75. The number of benzene rings is 1. The number of thioether (sulfide) groups is 1. The van der Waals surface area contributed by atoms with Crippen LogP contribution in [0.15, 0.2) is 28.1 Å². The molecular formula is C22H24N2O4S. The van der Waals surface area contributed by atoms with Crippen LogP contribution in [0.4, 0.5) is 0 Å². The minimum atomic E-state index is -0.344. The Balaban J connectivity index is 1.36. The van der Waals surface area contributed by atoms with Crippen LogP contribution in [0.5, 0.6) is 11.5 Å². The van der Waals surface area contributed by atoms with Crippen LogP contribution in [0.1, 0.15) is 44.1 Å². The first-order valence-electron chi connectivity index (χ1n) is 10.1. The molecule has 4 fully saturated rings.